The maximum absolute atomic E-state index is 5.00. The number of methoxy groups -OCH3 is 1. The molecule has 0 atom stereocenters. The summed E-state index contributed by atoms with van der Waals surface area (Å²) in [5.74, 6) is 0.847. The predicted molar refractivity (Wildman–Crippen MR) is 76.8 cm³/mol. The third-order valence-electron chi connectivity index (χ3n) is 3.29. The number of hydrogen-bond donors (Lipinski definition) is 1. The van der Waals surface area contributed by atoms with Crippen LogP contribution in [0.2, 0.25) is 0 Å². The number of benzene rings is 1. The topological polar surface area (TPSA) is 21.3 Å². The number of nitrogens with one attached hydrogen (secondary N) is 1. The number of rotatable bonds is 7. The zero-order chi connectivity index (χ0) is 12.8. The van der Waals surface area contributed by atoms with E-state index in [-0.39, 0.29) is 0 Å². The SMILES string of the molecule is COCCNCC(C)=Cc1ccc(C2CC2)cc1. The minimum absolute atomic E-state index is 0.767. The van der Waals surface area contributed by atoms with E-state index in [0.717, 1.165) is 25.6 Å². The quantitative estimate of drug-likeness (QED) is 0.745. The molecular weight excluding hydrogens is 222 g/mol. The molecule has 1 aliphatic rings. The summed E-state index contributed by atoms with van der Waals surface area (Å²) in [6, 6.07) is 9.00. The van der Waals surface area contributed by atoms with Gasteiger partial charge in [0.15, 0.2) is 0 Å². The molecule has 0 aromatic heterocycles. The molecule has 1 fully saturated rings. The summed E-state index contributed by atoms with van der Waals surface area (Å²) in [7, 11) is 1.73. The lowest BCUT2D eigenvalue weighted by Crippen LogP contribution is -2.20. The molecule has 1 saturated carbocycles. The second-order valence-corrected chi connectivity index (χ2v) is 5.10. The Balaban J connectivity index is 1.82. The molecule has 0 heterocycles. The summed E-state index contributed by atoms with van der Waals surface area (Å²) in [4.78, 5) is 0. The fraction of sp³-hybridized carbons (Fsp3) is 0.500. The Labute approximate surface area is 110 Å². The van der Waals surface area contributed by atoms with Crippen molar-refractivity contribution in [3.05, 3.63) is 41.0 Å². The van der Waals surface area contributed by atoms with Gasteiger partial charge in [0.05, 0.1) is 6.61 Å². The molecule has 18 heavy (non-hydrogen) atoms. The first-order valence-corrected chi connectivity index (χ1v) is 6.76. The Bertz CT molecular complexity index is 390. The molecule has 0 radical (unpaired) electrons. The van der Waals surface area contributed by atoms with Crippen LogP contribution in [0.5, 0.6) is 0 Å². The van der Waals surface area contributed by atoms with E-state index in [1.54, 1.807) is 7.11 Å². The lowest BCUT2D eigenvalue weighted by atomic mass is 10.1. The van der Waals surface area contributed by atoms with E-state index in [0.29, 0.717) is 0 Å². The van der Waals surface area contributed by atoms with E-state index >= 15 is 0 Å². The molecule has 1 aromatic rings. The number of hydrogen-bond acceptors (Lipinski definition) is 2. The molecule has 2 nitrogen and oxygen atoms in total. The Morgan fingerprint density at radius 1 is 1.33 bits per heavy atom. The molecular formula is C16H23NO. The third-order valence-corrected chi connectivity index (χ3v) is 3.29. The lowest BCUT2D eigenvalue weighted by Gasteiger charge is -2.05. The van der Waals surface area contributed by atoms with E-state index in [1.165, 1.54) is 29.5 Å². The third kappa shape index (κ3) is 4.28. The van der Waals surface area contributed by atoms with Crippen molar-refractivity contribution in [2.24, 2.45) is 0 Å². The van der Waals surface area contributed by atoms with Crippen molar-refractivity contribution in [2.45, 2.75) is 25.7 Å². The molecule has 0 saturated heterocycles. The van der Waals surface area contributed by atoms with E-state index in [9.17, 15) is 0 Å². The Morgan fingerprint density at radius 3 is 2.67 bits per heavy atom. The summed E-state index contributed by atoms with van der Waals surface area (Å²) < 4.78 is 5.00. The van der Waals surface area contributed by atoms with Crippen molar-refractivity contribution in [1.82, 2.24) is 5.32 Å². The van der Waals surface area contributed by atoms with E-state index in [2.05, 4.69) is 42.6 Å². The second kappa shape index (κ2) is 6.72. The predicted octanol–water partition coefficient (Wildman–Crippen LogP) is 3.20. The Hall–Kier alpha value is -1.12. The normalized spacial score (nSPS) is 16.0. The van der Waals surface area contributed by atoms with Gasteiger partial charge in [-0.1, -0.05) is 35.9 Å². The lowest BCUT2D eigenvalue weighted by molar-refractivity contribution is 0.200. The van der Waals surface area contributed by atoms with Gasteiger partial charge in [0.2, 0.25) is 0 Å². The van der Waals surface area contributed by atoms with Crippen LogP contribution in [0.25, 0.3) is 6.08 Å². The number of ether oxygens (including phenoxy) is 1. The van der Waals surface area contributed by atoms with Crippen LogP contribution in [-0.4, -0.2) is 26.8 Å². The van der Waals surface area contributed by atoms with Gasteiger partial charge < -0.3 is 10.1 Å². The van der Waals surface area contributed by atoms with Crippen LogP contribution in [-0.2, 0) is 4.74 Å². The van der Waals surface area contributed by atoms with Gasteiger partial charge >= 0.3 is 0 Å². The summed E-state index contributed by atoms with van der Waals surface area (Å²) >= 11 is 0. The smallest absolute Gasteiger partial charge is 0.0587 e. The minimum atomic E-state index is 0.767. The molecule has 2 heteroatoms. The zero-order valence-corrected chi connectivity index (χ0v) is 11.4. The van der Waals surface area contributed by atoms with Gasteiger partial charge in [-0.25, -0.2) is 0 Å². The second-order valence-electron chi connectivity index (χ2n) is 5.10. The fourth-order valence-electron chi connectivity index (χ4n) is 2.08. The molecule has 0 amide bonds. The molecule has 0 bridgehead atoms. The fourth-order valence-corrected chi connectivity index (χ4v) is 2.08. The molecule has 0 unspecified atom stereocenters. The summed E-state index contributed by atoms with van der Waals surface area (Å²) in [5.41, 5.74) is 4.15. The van der Waals surface area contributed by atoms with Gasteiger partial charge in [0.25, 0.3) is 0 Å². The van der Waals surface area contributed by atoms with Gasteiger partial charge in [0.1, 0.15) is 0 Å². The van der Waals surface area contributed by atoms with Crippen LogP contribution in [0.3, 0.4) is 0 Å². The summed E-state index contributed by atoms with van der Waals surface area (Å²) in [5, 5.41) is 3.35. The first-order chi connectivity index (χ1) is 8.79. The minimum Gasteiger partial charge on any atom is -0.383 e. The maximum Gasteiger partial charge on any atom is 0.0587 e. The summed E-state index contributed by atoms with van der Waals surface area (Å²) in [6.45, 7) is 4.76. The molecule has 1 aromatic carbocycles. The molecule has 1 N–H and O–H groups in total. The van der Waals surface area contributed by atoms with Crippen LogP contribution in [0.1, 0.15) is 36.8 Å². The van der Waals surface area contributed by atoms with Crippen LogP contribution >= 0.6 is 0 Å². The van der Waals surface area contributed by atoms with Gasteiger partial charge in [-0.15, -0.1) is 0 Å². The van der Waals surface area contributed by atoms with Gasteiger partial charge in [-0.3, -0.25) is 0 Å². The van der Waals surface area contributed by atoms with Crippen molar-refractivity contribution in [1.29, 1.82) is 0 Å². The highest BCUT2D eigenvalue weighted by Crippen LogP contribution is 2.39. The Kier molecular flexibility index (Phi) is 4.97. The van der Waals surface area contributed by atoms with E-state index in [4.69, 9.17) is 4.74 Å². The van der Waals surface area contributed by atoms with Crippen molar-refractivity contribution >= 4 is 6.08 Å². The van der Waals surface area contributed by atoms with Crippen molar-refractivity contribution in [2.75, 3.05) is 26.8 Å². The van der Waals surface area contributed by atoms with Gasteiger partial charge in [-0.2, -0.15) is 0 Å². The molecule has 98 valence electrons. The molecule has 0 spiro atoms. The first-order valence-electron chi connectivity index (χ1n) is 6.76. The highest BCUT2D eigenvalue weighted by atomic mass is 16.5. The van der Waals surface area contributed by atoms with Crippen molar-refractivity contribution in [3.63, 3.8) is 0 Å². The van der Waals surface area contributed by atoms with Crippen molar-refractivity contribution < 1.29 is 4.74 Å². The van der Waals surface area contributed by atoms with Crippen LogP contribution in [0.4, 0.5) is 0 Å². The van der Waals surface area contributed by atoms with Crippen LogP contribution in [0, 0.1) is 0 Å². The molecule has 1 aliphatic carbocycles. The van der Waals surface area contributed by atoms with E-state index < -0.39 is 0 Å². The van der Waals surface area contributed by atoms with Gasteiger partial charge in [-0.05, 0) is 36.8 Å². The van der Waals surface area contributed by atoms with E-state index in [1.807, 2.05) is 0 Å². The molecule has 0 aliphatic heterocycles. The standard InChI is InChI=1S/C16H23NO/c1-13(12-17-9-10-18-2)11-14-3-5-15(6-4-14)16-7-8-16/h3-6,11,16-17H,7-10,12H2,1-2H3. The molecule has 2 rings (SSSR count). The highest BCUT2D eigenvalue weighted by molar-refractivity contribution is 5.53. The van der Waals surface area contributed by atoms with Crippen LogP contribution in [0.15, 0.2) is 29.8 Å². The van der Waals surface area contributed by atoms with Gasteiger partial charge in [0, 0.05) is 20.2 Å². The summed E-state index contributed by atoms with van der Waals surface area (Å²) in [6.07, 6.45) is 4.99. The monoisotopic (exact) mass is 245 g/mol. The van der Waals surface area contributed by atoms with Crippen molar-refractivity contribution in [3.8, 4) is 0 Å². The highest BCUT2D eigenvalue weighted by Gasteiger charge is 2.22. The largest absolute Gasteiger partial charge is 0.383 e. The zero-order valence-electron chi connectivity index (χ0n) is 11.4. The average molecular weight is 245 g/mol. The maximum atomic E-state index is 5.00. The Morgan fingerprint density at radius 2 is 2.06 bits per heavy atom. The average Bonchev–Trinajstić information content (AvgIpc) is 3.20. The first kappa shape index (κ1) is 13.3. The van der Waals surface area contributed by atoms with Crippen LogP contribution < -0.4 is 5.32 Å².